The lowest BCUT2D eigenvalue weighted by Crippen LogP contribution is -2.20. The minimum Gasteiger partial charge on any atom is -0.463 e. The van der Waals surface area contributed by atoms with Crippen LogP contribution in [0.3, 0.4) is 0 Å². The van der Waals surface area contributed by atoms with Crippen molar-refractivity contribution in [3.63, 3.8) is 0 Å². The normalized spacial score (nSPS) is 15.2. The highest BCUT2D eigenvalue weighted by Crippen LogP contribution is 2.39. The number of anilines is 2. The van der Waals surface area contributed by atoms with E-state index >= 15 is 0 Å². The minimum absolute atomic E-state index is 0.0237. The van der Waals surface area contributed by atoms with Gasteiger partial charge in [-0.1, -0.05) is 51.2 Å². The van der Waals surface area contributed by atoms with Gasteiger partial charge < -0.3 is 9.64 Å². The van der Waals surface area contributed by atoms with Crippen LogP contribution in [0.2, 0.25) is 0 Å². The molecule has 0 atom stereocenters. The van der Waals surface area contributed by atoms with Gasteiger partial charge in [-0.2, -0.15) is 18.2 Å². The van der Waals surface area contributed by atoms with Crippen molar-refractivity contribution in [3.8, 4) is 6.01 Å². The molecule has 4 nitrogen and oxygen atoms in total. The fraction of sp³-hybridized carbons (Fsp3) is 0.565. The molecule has 1 aromatic carbocycles. The maximum absolute atomic E-state index is 13.6. The van der Waals surface area contributed by atoms with Gasteiger partial charge in [0.25, 0.3) is 0 Å². The van der Waals surface area contributed by atoms with Gasteiger partial charge >= 0.3 is 12.2 Å². The monoisotopic (exact) mass is 421 g/mol. The van der Waals surface area contributed by atoms with Crippen LogP contribution in [0, 0.1) is 0 Å². The molecule has 164 valence electrons. The predicted octanol–water partition coefficient (Wildman–Crippen LogP) is 6.88. The number of benzene rings is 1. The Kier molecular flexibility index (Phi) is 7.56. The molecule has 2 aromatic rings. The van der Waals surface area contributed by atoms with Crippen molar-refractivity contribution in [1.29, 1.82) is 0 Å². The minimum atomic E-state index is -4.55. The molecular formula is C23H30F3N3O. The average Bonchev–Trinajstić information content (AvgIpc) is 2.76. The Morgan fingerprint density at radius 3 is 2.60 bits per heavy atom. The number of nitrogens with zero attached hydrogens (tertiary/aromatic N) is 3. The maximum atomic E-state index is 13.6. The third kappa shape index (κ3) is 5.64. The number of aromatic nitrogens is 2. The van der Waals surface area contributed by atoms with Crippen LogP contribution in [0.25, 0.3) is 0 Å². The topological polar surface area (TPSA) is 38.2 Å². The molecule has 1 saturated carbocycles. The number of hydrogen-bond donors (Lipinski definition) is 0. The molecule has 1 aromatic heterocycles. The Morgan fingerprint density at radius 2 is 1.90 bits per heavy atom. The maximum Gasteiger partial charge on any atom is 0.421 e. The summed E-state index contributed by atoms with van der Waals surface area (Å²) in [6, 6.07) is 7.76. The Morgan fingerprint density at radius 1 is 1.13 bits per heavy atom. The van der Waals surface area contributed by atoms with E-state index in [0.717, 1.165) is 38.3 Å². The lowest BCUT2D eigenvalue weighted by Gasteiger charge is -2.26. The Hall–Kier alpha value is -2.31. The second-order valence-electron chi connectivity index (χ2n) is 7.93. The molecule has 1 fully saturated rings. The summed E-state index contributed by atoms with van der Waals surface area (Å²) in [6.45, 7) is 2.46. The lowest BCUT2D eigenvalue weighted by atomic mass is 9.84. The predicted molar refractivity (Wildman–Crippen MR) is 112 cm³/mol. The first kappa shape index (κ1) is 22.4. The highest BCUT2D eigenvalue weighted by atomic mass is 19.4. The molecular weight excluding hydrogens is 391 g/mol. The van der Waals surface area contributed by atoms with Crippen LogP contribution in [-0.2, 0) is 6.18 Å². The van der Waals surface area contributed by atoms with Crippen LogP contribution in [0.4, 0.5) is 24.7 Å². The highest BCUT2D eigenvalue weighted by molar-refractivity contribution is 5.63. The molecule has 0 saturated heterocycles. The summed E-state index contributed by atoms with van der Waals surface area (Å²) in [4.78, 5) is 9.40. The zero-order valence-electron chi connectivity index (χ0n) is 17.7. The standard InChI is InChI=1S/C23H30F3N3O/c1-3-4-8-14-30-22-27-16-20(23(24,25)26)21(28-22)29(2)19-13-9-12-18(15-19)17-10-6-5-7-11-17/h9,12-13,15-17H,3-8,10-11,14H2,1-2H3. The number of hydrogen-bond acceptors (Lipinski definition) is 4. The van der Waals surface area contributed by atoms with E-state index in [4.69, 9.17) is 4.74 Å². The number of alkyl halides is 3. The molecule has 1 aliphatic carbocycles. The fourth-order valence-electron chi connectivity index (χ4n) is 3.94. The first-order chi connectivity index (χ1) is 14.4. The molecule has 0 aliphatic heterocycles. The van der Waals surface area contributed by atoms with Gasteiger partial charge in [0.15, 0.2) is 5.82 Å². The second kappa shape index (κ2) is 10.1. The van der Waals surface area contributed by atoms with Crippen molar-refractivity contribution in [2.75, 3.05) is 18.6 Å². The SMILES string of the molecule is CCCCCOc1ncc(C(F)(F)F)c(N(C)c2cccc(C3CCCCC3)c2)n1. The molecule has 1 heterocycles. The third-order valence-electron chi connectivity index (χ3n) is 5.68. The van der Waals surface area contributed by atoms with Gasteiger partial charge in [-0.3, -0.25) is 0 Å². The number of rotatable bonds is 8. The van der Waals surface area contributed by atoms with Gasteiger partial charge in [0.2, 0.25) is 0 Å². The van der Waals surface area contributed by atoms with Crippen molar-refractivity contribution in [2.24, 2.45) is 0 Å². The summed E-state index contributed by atoms with van der Waals surface area (Å²) in [7, 11) is 1.61. The van der Waals surface area contributed by atoms with E-state index in [0.29, 0.717) is 18.2 Å². The van der Waals surface area contributed by atoms with E-state index in [2.05, 4.69) is 23.0 Å². The molecule has 1 aliphatic rings. The summed E-state index contributed by atoms with van der Waals surface area (Å²) in [5.74, 6) is 0.279. The van der Waals surface area contributed by atoms with Crippen LogP contribution in [0.1, 0.15) is 75.3 Å². The fourth-order valence-corrected chi connectivity index (χ4v) is 3.94. The van der Waals surface area contributed by atoms with Crippen LogP contribution >= 0.6 is 0 Å². The number of halogens is 3. The van der Waals surface area contributed by atoms with Crippen molar-refractivity contribution in [2.45, 2.75) is 70.4 Å². The van der Waals surface area contributed by atoms with Crippen molar-refractivity contribution in [1.82, 2.24) is 9.97 Å². The van der Waals surface area contributed by atoms with Gasteiger partial charge in [0.05, 0.1) is 6.61 Å². The van der Waals surface area contributed by atoms with E-state index in [1.54, 1.807) is 7.05 Å². The van der Waals surface area contributed by atoms with Crippen molar-refractivity contribution in [3.05, 3.63) is 41.6 Å². The summed E-state index contributed by atoms with van der Waals surface area (Å²) < 4.78 is 46.4. The third-order valence-corrected chi connectivity index (χ3v) is 5.68. The Bertz CT molecular complexity index is 820. The van der Waals surface area contributed by atoms with Gasteiger partial charge in [0, 0.05) is 18.9 Å². The first-order valence-corrected chi connectivity index (χ1v) is 10.8. The van der Waals surface area contributed by atoms with Crippen LogP contribution in [-0.4, -0.2) is 23.6 Å². The van der Waals surface area contributed by atoms with E-state index in [1.807, 2.05) is 18.2 Å². The largest absolute Gasteiger partial charge is 0.463 e. The number of unbranched alkanes of at least 4 members (excludes halogenated alkanes) is 2. The zero-order chi connectivity index (χ0) is 21.6. The average molecular weight is 422 g/mol. The summed E-state index contributed by atoms with van der Waals surface area (Å²) in [6.07, 6.45) is 5.02. The van der Waals surface area contributed by atoms with Gasteiger partial charge in [-0.25, -0.2) is 4.98 Å². The summed E-state index contributed by atoms with van der Waals surface area (Å²) in [5.41, 5.74) is 0.992. The van der Waals surface area contributed by atoms with Crippen molar-refractivity contribution >= 4 is 11.5 Å². The molecule has 0 unspecified atom stereocenters. The van der Waals surface area contributed by atoms with Gasteiger partial charge in [-0.15, -0.1) is 0 Å². The molecule has 0 radical (unpaired) electrons. The first-order valence-electron chi connectivity index (χ1n) is 10.8. The molecule has 30 heavy (non-hydrogen) atoms. The van der Waals surface area contributed by atoms with E-state index in [9.17, 15) is 13.2 Å². The molecule has 0 amide bonds. The molecule has 0 bridgehead atoms. The van der Waals surface area contributed by atoms with E-state index in [1.165, 1.54) is 29.7 Å². The van der Waals surface area contributed by atoms with E-state index < -0.39 is 11.7 Å². The highest BCUT2D eigenvalue weighted by Gasteiger charge is 2.37. The number of ether oxygens (including phenoxy) is 1. The second-order valence-corrected chi connectivity index (χ2v) is 7.93. The zero-order valence-corrected chi connectivity index (χ0v) is 17.7. The molecule has 3 rings (SSSR count). The van der Waals surface area contributed by atoms with E-state index in [-0.39, 0.29) is 11.8 Å². The Balaban J connectivity index is 1.88. The quantitative estimate of drug-likeness (QED) is 0.436. The molecule has 0 N–H and O–H groups in total. The van der Waals surface area contributed by atoms with Crippen LogP contribution < -0.4 is 9.64 Å². The van der Waals surface area contributed by atoms with Crippen LogP contribution in [0.5, 0.6) is 6.01 Å². The van der Waals surface area contributed by atoms with Gasteiger partial charge in [-0.05, 0) is 42.9 Å². The smallest absolute Gasteiger partial charge is 0.421 e. The molecule has 0 spiro atoms. The lowest BCUT2D eigenvalue weighted by molar-refractivity contribution is -0.137. The molecule has 7 heteroatoms. The summed E-state index contributed by atoms with van der Waals surface area (Å²) in [5, 5.41) is 0. The summed E-state index contributed by atoms with van der Waals surface area (Å²) >= 11 is 0. The van der Waals surface area contributed by atoms with Gasteiger partial charge in [0.1, 0.15) is 5.56 Å². The van der Waals surface area contributed by atoms with Crippen molar-refractivity contribution < 1.29 is 17.9 Å². The Labute approximate surface area is 176 Å². The van der Waals surface area contributed by atoms with Crippen LogP contribution in [0.15, 0.2) is 30.5 Å².